The van der Waals surface area contributed by atoms with Crippen LogP contribution in [-0.4, -0.2) is 26.7 Å². The highest BCUT2D eigenvalue weighted by molar-refractivity contribution is 5.91. The molecule has 0 fully saturated rings. The van der Waals surface area contributed by atoms with Crippen molar-refractivity contribution >= 4 is 11.9 Å². The van der Waals surface area contributed by atoms with Crippen molar-refractivity contribution in [1.29, 1.82) is 0 Å². The summed E-state index contributed by atoms with van der Waals surface area (Å²) in [4.78, 5) is 22.1. The highest BCUT2D eigenvalue weighted by Crippen LogP contribution is 2.30. The minimum Gasteiger partial charge on any atom is -0.481 e. The predicted octanol–water partition coefficient (Wildman–Crippen LogP) is 1.54. The lowest BCUT2D eigenvalue weighted by Crippen LogP contribution is -2.17. The van der Waals surface area contributed by atoms with Crippen LogP contribution in [0.15, 0.2) is 12.3 Å². The number of aryl methyl sites for hydroxylation is 1. The lowest BCUT2D eigenvalue weighted by molar-refractivity contribution is -0.139. The van der Waals surface area contributed by atoms with Gasteiger partial charge in [0.05, 0.1) is 11.5 Å². The van der Waals surface area contributed by atoms with Crippen molar-refractivity contribution < 1.29 is 19.8 Å². The van der Waals surface area contributed by atoms with Gasteiger partial charge in [-0.1, -0.05) is 6.42 Å². The summed E-state index contributed by atoms with van der Waals surface area (Å²) in [5.74, 6) is -2.69. The number of carboxylic acids is 2. The lowest BCUT2D eigenvalue weighted by atomic mass is 9.97. The Hall–Kier alpha value is -1.78. The molecule has 0 aromatic carbocycles. The first-order chi connectivity index (χ1) is 7.61. The first kappa shape index (κ1) is 10.7. The van der Waals surface area contributed by atoms with E-state index in [0.29, 0.717) is 18.7 Å². The molecule has 1 aliphatic heterocycles. The average Bonchev–Trinajstić information content (AvgIpc) is 2.51. The van der Waals surface area contributed by atoms with Crippen molar-refractivity contribution in [3.8, 4) is 0 Å². The smallest absolute Gasteiger partial charge is 0.337 e. The van der Waals surface area contributed by atoms with Crippen LogP contribution in [0.4, 0.5) is 0 Å². The van der Waals surface area contributed by atoms with E-state index >= 15 is 0 Å². The van der Waals surface area contributed by atoms with Crippen LogP contribution >= 0.6 is 0 Å². The number of hydrogen-bond donors (Lipinski definition) is 2. The predicted molar refractivity (Wildman–Crippen MR) is 55.6 cm³/mol. The summed E-state index contributed by atoms with van der Waals surface area (Å²) in [6.07, 6.45) is 3.89. The first-order valence-corrected chi connectivity index (χ1v) is 5.26. The molecule has 1 aliphatic rings. The van der Waals surface area contributed by atoms with Gasteiger partial charge in [-0.25, -0.2) is 4.79 Å². The molecule has 2 N–H and O–H groups in total. The maximum Gasteiger partial charge on any atom is 0.337 e. The number of carboxylic acid groups (broad SMARTS) is 2. The van der Waals surface area contributed by atoms with Gasteiger partial charge in [0.2, 0.25) is 0 Å². The molecule has 16 heavy (non-hydrogen) atoms. The Labute approximate surface area is 92.3 Å². The van der Waals surface area contributed by atoms with Gasteiger partial charge >= 0.3 is 11.9 Å². The number of hydrogen-bond acceptors (Lipinski definition) is 2. The zero-order chi connectivity index (χ0) is 11.7. The molecular weight excluding hydrogens is 210 g/mol. The Morgan fingerprint density at radius 2 is 2.06 bits per heavy atom. The molecule has 0 saturated carbocycles. The molecule has 0 aliphatic carbocycles. The summed E-state index contributed by atoms with van der Waals surface area (Å²) in [5, 5.41) is 18.1. The second-order valence-corrected chi connectivity index (χ2v) is 4.00. The highest BCUT2D eigenvalue weighted by atomic mass is 16.4. The fourth-order valence-electron chi connectivity index (χ4n) is 2.26. The number of fused-ring (bicyclic) bond motifs is 1. The SMILES string of the molecule is O=C(O)c1ccn2c1C(C(=O)O)CCCC2. The summed E-state index contributed by atoms with van der Waals surface area (Å²) in [7, 11) is 0. The largest absolute Gasteiger partial charge is 0.481 e. The molecule has 86 valence electrons. The Morgan fingerprint density at radius 3 is 2.69 bits per heavy atom. The zero-order valence-electron chi connectivity index (χ0n) is 8.72. The molecule has 2 heterocycles. The molecule has 0 saturated heterocycles. The van der Waals surface area contributed by atoms with Crippen molar-refractivity contribution in [3.63, 3.8) is 0 Å². The molecule has 5 heteroatoms. The minimum atomic E-state index is -1.05. The quantitative estimate of drug-likeness (QED) is 0.797. The third kappa shape index (κ3) is 1.68. The Balaban J connectivity index is 2.52. The fraction of sp³-hybridized carbons (Fsp3) is 0.455. The topological polar surface area (TPSA) is 79.5 Å². The van der Waals surface area contributed by atoms with Gasteiger partial charge in [0.15, 0.2) is 0 Å². The van der Waals surface area contributed by atoms with E-state index in [1.807, 2.05) is 0 Å². The monoisotopic (exact) mass is 223 g/mol. The third-order valence-electron chi connectivity index (χ3n) is 3.01. The number of carbonyl (C=O) groups is 2. The number of aromatic carboxylic acids is 1. The van der Waals surface area contributed by atoms with Crippen LogP contribution in [0, 0.1) is 0 Å². The molecule has 1 aromatic heterocycles. The Kier molecular flexibility index (Phi) is 2.68. The molecule has 0 amide bonds. The van der Waals surface area contributed by atoms with E-state index in [-0.39, 0.29) is 5.56 Å². The second kappa shape index (κ2) is 4.00. The molecule has 0 spiro atoms. The first-order valence-electron chi connectivity index (χ1n) is 5.26. The Morgan fingerprint density at radius 1 is 1.31 bits per heavy atom. The normalized spacial score (nSPS) is 19.9. The number of aliphatic carboxylic acids is 1. The standard InChI is InChI=1S/C11H13NO4/c13-10(14)7-3-1-2-5-12-6-4-8(9(7)12)11(15)16/h4,6-7H,1-3,5H2,(H,13,14)(H,15,16). The third-order valence-corrected chi connectivity index (χ3v) is 3.01. The van der Waals surface area contributed by atoms with Crippen molar-refractivity contribution in [2.24, 2.45) is 0 Å². The van der Waals surface area contributed by atoms with E-state index in [1.54, 1.807) is 10.8 Å². The van der Waals surface area contributed by atoms with Crippen LogP contribution in [0.3, 0.4) is 0 Å². The van der Waals surface area contributed by atoms with Gasteiger partial charge < -0.3 is 14.8 Å². The number of nitrogens with zero attached hydrogens (tertiary/aromatic N) is 1. The molecule has 2 rings (SSSR count). The lowest BCUT2D eigenvalue weighted by Gasteiger charge is -2.12. The van der Waals surface area contributed by atoms with E-state index in [0.717, 1.165) is 12.8 Å². The second-order valence-electron chi connectivity index (χ2n) is 4.00. The van der Waals surface area contributed by atoms with E-state index in [1.165, 1.54) is 6.07 Å². The Bertz CT molecular complexity index is 435. The maximum atomic E-state index is 11.1. The van der Waals surface area contributed by atoms with Crippen molar-refractivity contribution in [1.82, 2.24) is 4.57 Å². The number of aromatic nitrogens is 1. The molecule has 0 bridgehead atoms. The molecule has 5 nitrogen and oxygen atoms in total. The van der Waals surface area contributed by atoms with E-state index in [4.69, 9.17) is 10.2 Å². The average molecular weight is 223 g/mol. The van der Waals surface area contributed by atoms with Gasteiger partial charge in [0.25, 0.3) is 0 Å². The maximum absolute atomic E-state index is 11.1. The molecule has 1 atom stereocenters. The summed E-state index contributed by atoms with van der Waals surface area (Å²) >= 11 is 0. The summed E-state index contributed by atoms with van der Waals surface area (Å²) in [6, 6.07) is 1.49. The van der Waals surface area contributed by atoms with Crippen molar-refractivity contribution in [3.05, 3.63) is 23.5 Å². The van der Waals surface area contributed by atoms with Crippen LogP contribution in [0.2, 0.25) is 0 Å². The van der Waals surface area contributed by atoms with Gasteiger partial charge in [-0.3, -0.25) is 4.79 Å². The van der Waals surface area contributed by atoms with Gasteiger partial charge in [0, 0.05) is 18.4 Å². The van der Waals surface area contributed by atoms with Gasteiger partial charge in [-0.2, -0.15) is 0 Å². The van der Waals surface area contributed by atoms with Crippen LogP contribution in [0.5, 0.6) is 0 Å². The molecule has 1 aromatic rings. The minimum absolute atomic E-state index is 0.120. The van der Waals surface area contributed by atoms with Gasteiger partial charge in [-0.15, -0.1) is 0 Å². The highest BCUT2D eigenvalue weighted by Gasteiger charge is 2.29. The van der Waals surface area contributed by atoms with E-state index < -0.39 is 17.9 Å². The summed E-state index contributed by atoms with van der Waals surface area (Å²) in [6.45, 7) is 0.701. The van der Waals surface area contributed by atoms with Crippen LogP contribution in [0.25, 0.3) is 0 Å². The van der Waals surface area contributed by atoms with Crippen LogP contribution < -0.4 is 0 Å². The van der Waals surface area contributed by atoms with Crippen LogP contribution in [-0.2, 0) is 11.3 Å². The number of rotatable bonds is 2. The van der Waals surface area contributed by atoms with Gasteiger partial charge in [0.1, 0.15) is 0 Å². The summed E-state index contributed by atoms with van der Waals surface area (Å²) < 4.78 is 1.76. The summed E-state index contributed by atoms with van der Waals surface area (Å²) in [5.41, 5.74) is 0.562. The zero-order valence-corrected chi connectivity index (χ0v) is 8.72. The van der Waals surface area contributed by atoms with E-state index in [2.05, 4.69) is 0 Å². The van der Waals surface area contributed by atoms with Crippen molar-refractivity contribution in [2.75, 3.05) is 0 Å². The van der Waals surface area contributed by atoms with E-state index in [9.17, 15) is 9.59 Å². The molecule has 0 radical (unpaired) electrons. The molecular formula is C11H13NO4. The fourth-order valence-corrected chi connectivity index (χ4v) is 2.26. The van der Waals surface area contributed by atoms with Gasteiger partial charge in [-0.05, 0) is 18.9 Å². The van der Waals surface area contributed by atoms with Crippen LogP contribution in [0.1, 0.15) is 41.2 Å². The molecule has 1 unspecified atom stereocenters. The van der Waals surface area contributed by atoms with Crippen molar-refractivity contribution in [2.45, 2.75) is 31.7 Å².